The average molecular weight is 256 g/mol. The maximum atomic E-state index is 13.1. The van der Waals surface area contributed by atoms with E-state index in [0.29, 0.717) is 12.1 Å². The topological polar surface area (TPSA) is 46.3 Å². The van der Waals surface area contributed by atoms with Crippen LogP contribution in [0.15, 0.2) is 42.5 Å². The lowest BCUT2D eigenvalue weighted by Crippen LogP contribution is -2.28. The van der Waals surface area contributed by atoms with Gasteiger partial charge < -0.3 is 10.6 Å². The Morgan fingerprint density at radius 3 is 2.79 bits per heavy atom. The van der Waals surface area contributed by atoms with Crippen LogP contribution in [0.25, 0.3) is 0 Å². The Hall–Kier alpha value is -2.36. The molecule has 0 saturated carbocycles. The van der Waals surface area contributed by atoms with E-state index in [-0.39, 0.29) is 11.6 Å². The number of amides is 1. The summed E-state index contributed by atoms with van der Waals surface area (Å²) in [5.74, 6) is -0.643. The molecular weight excluding hydrogens is 243 g/mol. The zero-order valence-corrected chi connectivity index (χ0v) is 10.3. The van der Waals surface area contributed by atoms with E-state index < -0.39 is 5.82 Å². The molecule has 0 spiro atoms. The number of fused-ring (bicyclic) bond motifs is 1. The summed E-state index contributed by atoms with van der Waals surface area (Å²) in [5, 5.41) is 0. The number of hydrogen-bond acceptors (Lipinski definition) is 2. The monoisotopic (exact) mass is 256 g/mol. The molecule has 0 aliphatic carbocycles. The van der Waals surface area contributed by atoms with Crippen LogP contribution in [0, 0.1) is 5.82 Å². The summed E-state index contributed by atoms with van der Waals surface area (Å²) in [6, 6.07) is 11.9. The second-order valence-electron chi connectivity index (χ2n) is 4.57. The Kier molecular flexibility index (Phi) is 2.71. The fourth-order valence-electron chi connectivity index (χ4n) is 2.38. The number of hydrogen-bond donors (Lipinski definition) is 1. The van der Waals surface area contributed by atoms with E-state index >= 15 is 0 Å². The van der Waals surface area contributed by atoms with E-state index in [1.54, 1.807) is 4.90 Å². The van der Waals surface area contributed by atoms with E-state index in [2.05, 4.69) is 0 Å². The largest absolute Gasteiger partial charge is 0.396 e. The molecule has 0 unspecified atom stereocenters. The first-order chi connectivity index (χ1) is 9.16. The van der Waals surface area contributed by atoms with Crippen LogP contribution in [-0.4, -0.2) is 12.5 Å². The van der Waals surface area contributed by atoms with Crippen molar-refractivity contribution in [2.45, 2.75) is 6.42 Å². The van der Waals surface area contributed by atoms with Crippen molar-refractivity contribution in [3.05, 3.63) is 59.4 Å². The standard InChI is InChI=1S/C15H13FN2O/c16-12-6-5-11(9-13(12)17)15(19)18-8-7-10-3-1-2-4-14(10)18/h1-6,9H,7-8,17H2. The number of carbonyl (C=O) groups is 1. The number of benzene rings is 2. The third-order valence-corrected chi connectivity index (χ3v) is 3.38. The molecule has 0 atom stereocenters. The van der Waals surface area contributed by atoms with Crippen molar-refractivity contribution in [3.63, 3.8) is 0 Å². The minimum absolute atomic E-state index is 0.00154. The van der Waals surface area contributed by atoms with Gasteiger partial charge in [-0.05, 0) is 36.2 Å². The van der Waals surface area contributed by atoms with Crippen LogP contribution >= 0.6 is 0 Å². The quantitative estimate of drug-likeness (QED) is 0.797. The molecule has 3 rings (SSSR count). The summed E-state index contributed by atoms with van der Waals surface area (Å²) in [4.78, 5) is 14.1. The second-order valence-corrected chi connectivity index (χ2v) is 4.57. The van der Waals surface area contributed by atoms with Gasteiger partial charge in [0.1, 0.15) is 5.82 Å². The average Bonchev–Trinajstić information content (AvgIpc) is 2.85. The highest BCUT2D eigenvalue weighted by atomic mass is 19.1. The highest BCUT2D eigenvalue weighted by Gasteiger charge is 2.25. The molecule has 0 radical (unpaired) electrons. The molecule has 1 amide bonds. The van der Waals surface area contributed by atoms with Crippen LogP contribution in [0.5, 0.6) is 0 Å². The first-order valence-electron chi connectivity index (χ1n) is 6.11. The van der Waals surface area contributed by atoms with Gasteiger partial charge in [0.05, 0.1) is 5.69 Å². The van der Waals surface area contributed by atoms with Crippen LogP contribution in [-0.2, 0) is 6.42 Å². The maximum Gasteiger partial charge on any atom is 0.258 e. The number of nitrogens with two attached hydrogens (primary N) is 1. The molecule has 0 saturated heterocycles. The number of carbonyl (C=O) groups excluding carboxylic acids is 1. The van der Waals surface area contributed by atoms with E-state index in [9.17, 15) is 9.18 Å². The fourth-order valence-corrected chi connectivity index (χ4v) is 2.38. The molecule has 19 heavy (non-hydrogen) atoms. The summed E-state index contributed by atoms with van der Waals surface area (Å²) >= 11 is 0. The van der Waals surface area contributed by atoms with Gasteiger partial charge in [-0.25, -0.2) is 4.39 Å². The number of nitrogen functional groups attached to an aromatic ring is 1. The molecule has 1 aliphatic rings. The summed E-state index contributed by atoms with van der Waals surface area (Å²) in [7, 11) is 0. The van der Waals surface area contributed by atoms with E-state index in [1.165, 1.54) is 18.2 Å². The predicted molar refractivity (Wildman–Crippen MR) is 72.6 cm³/mol. The fraction of sp³-hybridized carbons (Fsp3) is 0.133. The Labute approximate surface area is 110 Å². The summed E-state index contributed by atoms with van der Waals surface area (Å²) in [6.07, 6.45) is 0.846. The van der Waals surface area contributed by atoms with Gasteiger partial charge in [-0.1, -0.05) is 18.2 Å². The first kappa shape index (κ1) is 11.7. The molecule has 1 aliphatic heterocycles. The third kappa shape index (κ3) is 1.95. The number of anilines is 2. The van der Waals surface area contributed by atoms with Gasteiger partial charge in [-0.15, -0.1) is 0 Å². The minimum Gasteiger partial charge on any atom is -0.396 e. The second kappa shape index (κ2) is 4.39. The Balaban J connectivity index is 1.95. The van der Waals surface area contributed by atoms with Gasteiger partial charge in [-0.2, -0.15) is 0 Å². The lowest BCUT2D eigenvalue weighted by Gasteiger charge is -2.17. The minimum atomic E-state index is -0.502. The normalized spacial score (nSPS) is 13.4. The van der Waals surface area contributed by atoms with Crippen LogP contribution in [0.2, 0.25) is 0 Å². The van der Waals surface area contributed by atoms with E-state index in [1.807, 2.05) is 24.3 Å². The van der Waals surface area contributed by atoms with Crippen LogP contribution < -0.4 is 10.6 Å². The molecule has 0 fully saturated rings. The van der Waals surface area contributed by atoms with Gasteiger partial charge in [0.15, 0.2) is 0 Å². The summed E-state index contributed by atoms with van der Waals surface area (Å²) in [6.45, 7) is 0.648. The van der Waals surface area contributed by atoms with E-state index in [4.69, 9.17) is 5.73 Å². The van der Waals surface area contributed by atoms with Crippen LogP contribution in [0.1, 0.15) is 15.9 Å². The number of para-hydroxylation sites is 1. The van der Waals surface area contributed by atoms with Gasteiger partial charge in [0.25, 0.3) is 5.91 Å². The molecule has 3 nitrogen and oxygen atoms in total. The SMILES string of the molecule is Nc1cc(C(=O)N2CCc3ccccc32)ccc1F. The molecule has 2 aromatic carbocycles. The number of halogens is 1. The number of nitrogens with zero attached hydrogens (tertiary/aromatic N) is 1. The van der Waals surface area contributed by atoms with Crippen molar-refractivity contribution in [2.24, 2.45) is 0 Å². The molecule has 0 aromatic heterocycles. The number of rotatable bonds is 1. The van der Waals surface area contributed by atoms with Crippen molar-refractivity contribution in [1.29, 1.82) is 0 Å². The molecule has 96 valence electrons. The maximum absolute atomic E-state index is 13.1. The third-order valence-electron chi connectivity index (χ3n) is 3.38. The smallest absolute Gasteiger partial charge is 0.258 e. The van der Waals surface area contributed by atoms with Crippen molar-refractivity contribution < 1.29 is 9.18 Å². The molecule has 1 heterocycles. The van der Waals surface area contributed by atoms with E-state index in [0.717, 1.165) is 17.7 Å². The van der Waals surface area contributed by atoms with Crippen LogP contribution in [0.4, 0.5) is 15.8 Å². The van der Waals surface area contributed by atoms with Crippen molar-refractivity contribution >= 4 is 17.3 Å². The van der Waals surface area contributed by atoms with Gasteiger partial charge in [0.2, 0.25) is 0 Å². The first-order valence-corrected chi connectivity index (χ1v) is 6.11. The highest BCUT2D eigenvalue weighted by molar-refractivity contribution is 6.07. The molecular formula is C15H13FN2O. The molecule has 0 bridgehead atoms. The molecule has 2 N–H and O–H groups in total. The zero-order valence-electron chi connectivity index (χ0n) is 10.3. The van der Waals surface area contributed by atoms with Gasteiger partial charge in [0, 0.05) is 17.8 Å². The summed E-state index contributed by atoms with van der Waals surface area (Å²) < 4.78 is 13.1. The van der Waals surface area contributed by atoms with Crippen molar-refractivity contribution in [3.8, 4) is 0 Å². The Morgan fingerprint density at radius 2 is 2.00 bits per heavy atom. The van der Waals surface area contributed by atoms with Gasteiger partial charge in [-0.3, -0.25) is 4.79 Å². The van der Waals surface area contributed by atoms with Crippen molar-refractivity contribution in [1.82, 2.24) is 0 Å². The lowest BCUT2D eigenvalue weighted by atomic mass is 10.1. The zero-order chi connectivity index (χ0) is 13.4. The Bertz CT molecular complexity index is 654. The predicted octanol–water partition coefficient (Wildman–Crippen LogP) is 2.61. The highest BCUT2D eigenvalue weighted by Crippen LogP contribution is 2.29. The van der Waals surface area contributed by atoms with Gasteiger partial charge >= 0.3 is 0 Å². The van der Waals surface area contributed by atoms with Crippen molar-refractivity contribution in [2.75, 3.05) is 17.2 Å². The molecule has 4 heteroatoms. The molecule has 2 aromatic rings. The summed E-state index contributed by atoms with van der Waals surface area (Å²) in [5.41, 5.74) is 8.00. The van der Waals surface area contributed by atoms with Crippen LogP contribution in [0.3, 0.4) is 0 Å². The Morgan fingerprint density at radius 1 is 1.21 bits per heavy atom. The lowest BCUT2D eigenvalue weighted by molar-refractivity contribution is 0.0989.